The zero-order valence-electron chi connectivity index (χ0n) is 26.8. The van der Waals surface area contributed by atoms with Crippen LogP contribution in [0.4, 0.5) is 10.1 Å². The molecule has 3 saturated carbocycles. The zero-order chi connectivity index (χ0) is 33.6. The van der Waals surface area contributed by atoms with E-state index in [0.29, 0.717) is 18.5 Å². The molecule has 8 nitrogen and oxygen atoms in total. The molecule has 0 spiro atoms. The Hall–Kier alpha value is -2.99. The number of aliphatic hydroxyl groups excluding tert-OH is 1. The van der Waals surface area contributed by atoms with E-state index in [4.69, 9.17) is 4.74 Å². The number of rotatable bonds is 8. The topological polar surface area (TPSA) is 133 Å². The number of halogens is 1. The van der Waals surface area contributed by atoms with Gasteiger partial charge in [0.05, 0.1) is 11.9 Å². The van der Waals surface area contributed by atoms with Gasteiger partial charge in [0.2, 0.25) is 0 Å². The van der Waals surface area contributed by atoms with Crippen LogP contribution < -0.4 is 10.8 Å². The van der Waals surface area contributed by atoms with Crippen LogP contribution in [-0.4, -0.2) is 57.9 Å². The first kappa shape index (κ1) is 34.4. The van der Waals surface area contributed by atoms with Crippen molar-refractivity contribution >= 4 is 47.7 Å². The molecule has 0 unspecified atom stereocenters. The molecule has 0 heterocycles. The molecule has 2 bridgehead atoms. The molecule has 3 aliphatic carbocycles. The van der Waals surface area contributed by atoms with Crippen LogP contribution in [0.2, 0.25) is 0 Å². The van der Waals surface area contributed by atoms with Crippen molar-refractivity contribution in [3.05, 3.63) is 66.5 Å². The summed E-state index contributed by atoms with van der Waals surface area (Å²) in [6.07, 6.45) is 3.86. The third-order valence-corrected chi connectivity index (χ3v) is 12.6. The number of ether oxygens (including phenoxy) is 1. The number of carbonyl (C=O) groups is 3. The Morgan fingerprint density at radius 3 is 2.50 bits per heavy atom. The number of amides is 1. The fraction of sp³-hybridized carbons (Fsp3) is 0.514. The maximum atomic E-state index is 13.8. The summed E-state index contributed by atoms with van der Waals surface area (Å²) < 4.78 is 20.1. The van der Waals surface area contributed by atoms with Gasteiger partial charge in [-0.25, -0.2) is 4.39 Å². The quantitative estimate of drug-likeness (QED) is 0.139. The smallest absolute Gasteiger partial charge is 0.461 e. The van der Waals surface area contributed by atoms with Gasteiger partial charge in [-0.05, 0) is 85.4 Å². The molecule has 0 radical (unpaired) electrons. The first-order chi connectivity index (χ1) is 21.7. The average Bonchev–Trinajstić information content (AvgIpc) is 3.38. The van der Waals surface area contributed by atoms with E-state index in [2.05, 4.69) is 32.7 Å². The molecule has 246 valence electrons. The molecule has 11 heteroatoms. The third-order valence-electron chi connectivity index (χ3n) is 11.6. The van der Waals surface area contributed by atoms with Crippen LogP contribution in [-0.2, 0) is 14.3 Å². The Bertz CT molecular complexity index is 1520. The van der Waals surface area contributed by atoms with E-state index in [1.807, 2.05) is 6.92 Å². The number of esters is 1. The molecule has 1 amide bonds. The number of hydrogen-bond donors (Lipinski definition) is 4. The minimum Gasteiger partial charge on any atom is -0.461 e. The van der Waals surface area contributed by atoms with Crippen molar-refractivity contribution in [2.45, 2.75) is 76.9 Å². The summed E-state index contributed by atoms with van der Waals surface area (Å²) in [5, 5.41) is 33.0. The number of carbonyl (C=O) groups excluding carboxylic acids is 3. The molecular formula is C35H43BFNO7S. The normalized spacial score (nSPS) is 33.7. The molecule has 0 aromatic heterocycles. The van der Waals surface area contributed by atoms with Crippen LogP contribution in [0.15, 0.2) is 60.0 Å². The largest absolute Gasteiger partial charge is 0.491 e. The highest BCUT2D eigenvalue weighted by molar-refractivity contribution is 8.00. The Balaban J connectivity index is 1.28. The summed E-state index contributed by atoms with van der Waals surface area (Å²) in [6.45, 7) is 12.4. The molecule has 5 rings (SSSR count). The van der Waals surface area contributed by atoms with Gasteiger partial charge in [-0.1, -0.05) is 33.8 Å². The fourth-order valence-electron chi connectivity index (χ4n) is 8.56. The van der Waals surface area contributed by atoms with Crippen molar-refractivity contribution in [1.29, 1.82) is 0 Å². The van der Waals surface area contributed by atoms with Gasteiger partial charge in [0.25, 0.3) is 5.91 Å². The number of benzene rings is 2. The lowest BCUT2D eigenvalue weighted by Crippen LogP contribution is -2.63. The molecule has 46 heavy (non-hydrogen) atoms. The maximum absolute atomic E-state index is 13.8. The summed E-state index contributed by atoms with van der Waals surface area (Å²) in [5.41, 5.74) is -1.49. The summed E-state index contributed by atoms with van der Waals surface area (Å²) in [7, 11) is -2.04. The number of thioether (sulfide) groups is 1. The molecule has 3 fully saturated rings. The standard InChI is InChI=1S/C35H43BFNO7S/c1-6-33(4)18-28(34(5)20(2)13-15-35(21(3)31(33)41)16-14-27(39)30(34)35)45-29(40)19-46-24-10-8-23(9-11-24)38-32(42)22-7-12-26(37)25(17-22)36(43)44/h6-12,17,20-21,28,30-31,41,43-44H,1,13-16,18-19H2,2-5H3,(H,38,42)/t20-,21+,28-,30+,31+,33-,34+,35+/m1/s1. The zero-order valence-corrected chi connectivity index (χ0v) is 27.6. The first-order valence-electron chi connectivity index (χ1n) is 15.9. The van der Waals surface area contributed by atoms with Gasteiger partial charge >= 0.3 is 13.1 Å². The third kappa shape index (κ3) is 5.96. The SMILES string of the molecule is C=C[C@]1(C)C[C@@H](OC(=O)CSc2ccc(NC(=O)c3ccc(F)c(B(O)O)c3)cc2)[C@]2(C)[C@H](C)CC[C@]3(CCC(=O)[C@H]32)[C@@H](C)[C@@H]1O. The second-order valence-corrected chi connectivity index (χ2v) is 15.0. The van der Waals surface area contributed by atoms with Crippen LogP contribution in [0.25, 0.3) is 0 Å². The van der Waals surface area contributed by atoms with Crippen LogP contribution in [0, 0.1) is 39.8 Å². The molecule has 3 aliphatic rings. The highest BCUT2D eigenvalue weighted by Crippen LogP contribution is 2.68. The average molecular weight is 652 g/mol. The summed E-state index contributed by atoms with van der Waals surface area (Å²) >= 11 is 1.28. The van der Waals surface area contributed by atoms with Crippen molar-refractivity contribution in [3.8, 4) is 0 Å². The van der Waals surface area contributed by atoms with Crippen LogP contribution in [0.1, 0.15) is 70.2 Å². The van der Waals surface area contributed by atoms with Crippen molar-refractivity contribution in [2.24, 2.45) is 34.0 Å². The predicted molar refractivity (Wildman–Crippen MR) is 176 cm³/mol. The molecular weight excluding hydrogens is 608 g/mol. The molecule has 4 N–H and O–H groups in total. The van der Waals surface area contributed by atoms with Gasteiger partial charge in [-0.15, -0.1) is 18.3 Å². The van der Waals surface area contributed by atoms with Gasteiger partial charge in [0, 0.05) is 44.8 Å². The maximum Gasteiger partial charge on any atom is 0.491 e. The summed E-state index contributed by atoms with van der Waals surface area (Å²) in [5.74, 6) is -1.78. The Kier molecular flexibility index (Phi) is 9.63. The lowest BCUT2D eigenvalue weighted by molar-refractivity contribution is -0.205. The minimum absolute atomic E-state index is 0.0298. The van der Waals surface area contributed by atoms with E-state index in [-0.39, 0.29) is 40.3 Å². The minimum atomic E-state index is -2.04. The number of hydrogen-bond acceptors (Lipinski definition) is 8. The lowest BCUT2D eigenvalue weighted by atomic mass is 9.44. The van der Waals surface area contributed by atoms with E-state index >= 15 is 0 Å². The molecule has 2 aromatic rings. The van der Waals surface area contributed by atoms with Gasteiger partial charge in [-0.3, -0.25) is 14.4 Å². The summed E-state index contributed by atoms with van der Waals surface area (Å²) in [6, 6.07) is 10.2. The van der Waals surface area contributed by atoms with E-state index in [1.165, 1.54) is 17.8 Å². The van der Waals surface area contributed by atoms with Crippen LogP contribution in [0.5, 0.6) is 0 Å². The lowest BCUT2D eigenvalue weighted by Gasteiger charge is -2.61. The highest BCUT2D eigenvalue weighted by Gasteiger charge is 2.68. The monoisotopic (exact) mass is 651 g/mol. The van der Waals surface area contributed by atoms with Crippen molar-refractivity contribution in [1.82, 2.24) is 0 Å². The van der Waals surface area contributed by atoms with Crippen molar-refractivity contribution in [2.75, 3.05) is 11.1 Å². The van der Waals surface area contributed by atoms with Crippen molar-refractivity contribution in [3.63, 3.8) is 0 Å². The number of anilines is 1. The molecule has 0 aliphatic heterocycles. The molecule has 2 aromatic carbocycles. The Labute approximate surface area is 274 Å². The van der Waals surface area contributed by atoms with E-state index in [1.54, 1.807) is 30.3 Å². The van der Waals surface area contributed by atoms with E-state index in [9.17, 15) is 33.9 Å². The second kappa shape index (κ2) is 12.9. The predicted octanol–water partition coefficient (Wildman–Crippen LogP) is 4.76. The number of aliphatic hydroxyl groups is 1. The Morgan fingerprint density at radius 1 is 1.15 bits per heavy atom. The number of Topliss-reactive ketones (excluding diaryl/α,β-unsaturated/α-hetero) is 1. The van der Waals surface area contributed by atoms with Gasteiger partial charge in [0.15, 0.2) is 0 Å². The molecule has 8 atom stereocenters. The van der Waals surface area contributed by atoms with E-state index < -0.39 is 53.3 Å². The van der Waals surface area contributed by atoms with Crippen LogP contribution >= 0.6 is 11.8 Å². The second-order valence-electron chi connectivity index (χ2n) is 13.9. The fourth-order valence-corrected chi connectivity index (χ4v) is 9.24. The summed E-state index contributed by atoms with van der Waals surface area (Å²) in [4.78, 5) is 40.4. The Morgan fingerprint density at radius 2 is 1.85 bits per heavy atom. The first-order valence-corrected chi connectivity index (χ1v) is 16.9. The van der Waals surface area contributed by atoms with Gasteiger partial charge in [-0.2, -0.15) is 0 Å². The highest BCUT2D eigenvalue weighted by atomic mass is 32.2. The van der Waals surface area contributed by atoms with Gasteiger partial charge < -0.3 is 25.2 Å². The number of ketones is 1. The van der Waals surface area contributed by atoms with Crippen LogP contribution in [0.3, 0.4) is 0 Å². The van der Waals surface area contributed by atoms with Gasteiger partial charge in [0.1, 0.15) is 17.7 Å². The van der Waals surface area contributed by atoms with Crippen molar-refractivity contribution < 1.29 is 38.7 Å². The molecule has 0 saturated heterocycles. The number of nitrogens with one attached hydrogen (secondary N) is 1. The van der Waals surface area contributed by atoms with E-state index in [0.717, 1.165) is 36.3 Å².